The van der Waals surface area contributed by atoms with Crippen LogP contribution in [0.2, 0.25) is 0 Å². The van der Waals surface area contributed by atoms with E-state index >= 15 is 0 Å². The summed E-state index contributed by atoms with van der Waals surface area (Å²) in [6.07, 6.45) is 2.26. The average molecular weight is 388 g/mol. The summed E-state index contributed by atoms with van der Waals surface area (Å²) in [5.74, 6) is -0.804. The van der Waals surface area contributed by atoms with Gasteiger partial charge in [0.1, 0.15) is 22.2 Å². The van der Waals surface area contributed by atoms with Gasteiger partial charge in [0.25, 0.3) is 5.91 Å². The minimum atomic E-state index is -0.514. The van der Waals surface area contributed by atoms with Gasteiger partial charge in [0.15, 0.2) is 0 Å². The monoisotopic (exact) mass is 388 g/mol. The Morgan fingerprint density at radius 2 is 1.93 bits per heavy atom. The SMILES string of the molecule is CCCCC1=NC2c3c(C)cc(C)nc3SC2C(=O)N1N(C(C)=O)C(C)=O. The molecule has 8 heteroatoms. The van der Waals surface area contributed by atoms with Gasteiger partial charge < -0.3 is 0 Å². The summed E-state index contributed by atoms with van der Waals surface area (Å²) in [5.41, 5.74) is 2.94. The first-order valence-electron chi connectivity index (χ1n) is 9.12. The fourth-order valence-electron chi connectivity index (χ4n) is 3.60. The number of carbonyl (C=O) groups excluding carboxylic acids is 3. The predicted octanol–water partition coefficient (Wildman–Crippen LogP) is 2.95. The van der Waals surface area contributed by atoms with Crippen LogP contribution in [0, 0.1) is 13.8 Å². The molecule has 0 fully saturated rings. The lowest BCUT2D eigenvalue weighted by atomic mass is 9.98. The molecule has 0 saturated heterocycles. The van der Waals surface area contributed by atoms with E-state index in [4.69, 9.17) is 4.99 Å². The van der Waals surface area contributed by atoms with E-state index in [0.717, 1.165) is 39.7 Å². The quantitative estimate of drug-likeness (QED) is 0.792. The Morgan fingerprint density at radius 1 is 1.26 bits per heavy atom. The molecule has 0 radical (unpaired) electrons. The van der Waals surface area contributed by atoms with Crippen LogP contribution in [0.15, 0.2) is 16.1 Å². The van der Waals surface area contributed by atoms with Gasteiger partial charge in [-0.25, -0.2) is 4.98 Å². The van der Waals surface area contributed by atoms with E-state index in [-0.39, 0.29) is 11.9 Å². The number of unbranched alkanes of at least 4 members (excludes halogenated alkanes) is 1. The van der Waals surface area contributed by atoms with Crippen molar-refractivity contribution in [1.82, 2.24) is 15.0 Å². The summed E-state index contributed by atoms with van der Waals surface area (Å²) in [5, 5.41) is 2.40. The number of hydrazine groups is 1. The summed E-state index contributed by atoms with van der Waals surface area (Å²) < 4.78 is 0. The molecule has 2 atom stereocenters. The highest BCUT2D eigenvalue weighted by Crippen LogP contribution is 2.49. The fourth-order valence-corrected chi connectivity index (χ4v) is 4.97. The molecule has 144 valence electrons. The minimum absolute atomic E-state index is 0.286. The molecule has 2 aliphatic rings. The average Bonchev–Trinajstić information content (AvgIpc) is 2.93. The van der Waals surface area contributed by atoms with Crippen LogP contribution in [-0.2, 0) is 14.4 Å². The van der Waals surface area contributed by atoms with E-state index < -0.39 is 17.1 Å². The lowest BCUT2D eigenvalue weighted by Crippen LogP contribution is -2.58. The van der Waals surface area contributed by atoms with Gasteiger partial charge >= 0.3 is 0 Å². The number of amidine groups is 1. The van der Waals surface area contributed by atoms with E-state index in [0.29, 0.717) is 12.3 Å². The Kier molecular flexibility index (Phi) is 5.37. The number of aryl methyl sites for hydroxylation is 2. The van der Waals surface area contributed by atoms with Crippen LogP contribution >= 0.6 is 11.8 Å². The molecule has 7 nitrogen and oxygen atoms in total. The van der Waals surface area contributed by atoms with Gasteiger partial charge in [0, 0.05) is 31.5 Å². The molecule has 0 saturated carbocycles. The standard InChI is InChI=1S/C19H24N4O3S/c1-6-7-8-14-21-16-15-10(2)9-11(3)20-18(15)27-17(16)19(26)23(14)22(12(4)24)13(5)25/h9,16-17H,6-8H2,1-5H3. The number of carbonyl (C=O) groups is 3. The zero-order valence-corrected chi connectivity index (χ0v) is 17.1. The highest BCUT2D eigenvalue weighted by Gasteiger charge is 2.49. The van der Waals surface area contributed by atoms with Gasteiger partial charge in [-0.2, -0.15) is 10.0 Å². The highest BCUT2D eigenvalue weighted by atomic mass is 32.2. The molecule has 27 heavy (non-hydrogen) atoms. The van der Waals surface area contributed by atoms with E-state index in [1.54, 1.807) is 0 Å². The molecular weight excluding hydrogens is 364 g/mol. The summed E-state index contributed by atoms with van der Waals surface area (Å²) in [6, 6.07) is 1.67. The van der Waals surface area contributed by atoms with Crippen LogP contribution in [-0.4, -0.2) is 43.8 Å². The van der Waals surface area contributed by atoms with Crippen molar-refractivity contribution in [3.05, 3.63) is 22.9 Å². The molecule has 0 aliphatic carbocycles. The van der Waals surface area contributed by atoms with E-state index in [1.807, 2.05) is 26.8 Å². The van der Waals surface area contributed by atoms with Gasteiger partial charge in [-0.15, -0.1) is 0 Å². The first kappa shape index (κ1) is 19.5. The number of nitrogens with zero attached hydrogens (tertiary/aromatic N) is 4. The number of hydrogen-bond acceptors (Lipinski definition) is 6. The number of thioether (sulfide) groups is 1. The number of rotatable bonds is 4. The van der Waals surface area contributed by atoms with Crippen LogP contribution in [0.4, 0.5) is 0 Å². The van der Waals surface area contributed by atoms with Crippen LogP contribution in [0.1, 0.15) is 62.9 Å². The maximum atomic E-state index is 13.3. The number of pyridine rings is 1. The lowest BCUT2D eigenvalue weighted by molar-refractivity contribution is -0.164. The van der Waals surface area contributed by atoms with Gasteiger partial charge in [0.2, 0.25) is 11.8 Å². The maximum Gasteiger partial charge on any atom is 0.263 e. The summed E-state index contributed by atoms with van der Waals surface area (Å²) in [6.45, 7) is 8.54. The largest absolute Gasteiger partial charge is 0.273 e. The number of aliphatic imine (C=N–C) groups is 1. The molecule has 3 amide bonds. The van der Waals surface area contributed by atoms with Crippen molar-refractivity contribution in [3.63, 3.8) is 0 Å². The van der Waals surface area contributed by atoms with Crippen molar-refractivity contribution in [2.75, 3.05) is 0 Å². The van der Waals surface area contributed by atoms with Gasteiger partial charge in [-0.3, -0.25) is 19.4 Å². The second-order valence-electron chi connectivity index (χ2n) is 6.93. The van der Waals surface area contributed by atoms with Gasteiger partial charge in [-0.1, -0.05) is 25.1 Å². The number of imide groups is 1. The molecule has 0 spiro atoms. The Hall–Kier alpha value is -2.22. The smallest absolute Gasteiger partial charge is 0.263 e. The number of fused-ring (bicyclic) bond motifs is 3. The van der Waals surface area contributed by atoms with E-state index in [2.05, 4.69) is 4.98 Å². The molecule has 3 heterocycles. The topological polar surface area (TPSA) is 82.9 Å². The molecule has 2 unspecified atom stereocenters. The zero-order valence-electron chi connectivity index (χ0n) is 16.3. The van der Waals surface area contributed by atoms with Gasteiger partial charge in [0.05, 0.1) is 0 Å². The third-order valence-corrected chi connectivity index (χ3v) is 5.96. The molecule has 0 aromatic carbocycles. The van der Waals surface area contributed by atoms with Gasteiger partial charge in [-0.05, 0) is 31.9 Å². The predicted molar refractivity (Wildman–Crippen MR) is 103 cm³/mol. The Bertz CT molecular complexity index is 838. The number of hydrogen-bond donors (Lipinski definition) is 0. The highest BCUT2D eigenvalue weighted by molar-refractivity contribution is 8.01. The fraction of sp³-hybridized carbons (Fsp3) is 0.526. The molecular formula is C19H24N4O3S. The second-order valence-corrected chi connectivity index (χ2v) is 8.06. The van der Waals surface area contributed by atoms with E-state index in [1.165, 1.54) is 30.6 Å². The number of aromatic nitrogens is 1. The van der Waals surface area contributed by atoms with Crippen molar-refractivity contribution in [3.8, 4) is 0 Å². The van der Waals surface area contributed by atoms with Crippen LogP contribution < -0.4 is 0 Å². The Morgan fingerprint density at radius 3 is 2.52 bits per heavy atom. The number of amides is 3. The molecule has 0 bridgehead atoms. The van der Waals surface area contributed by atoms with Crippen LogP contribution in [0.25, 0.3) is 0 Å². The third-order valence-electron chi connectivity index (χ3n) is 4.71. The molecule has 1 aromatic rings. The summed E-state index contributed by atoms with van der Waals surface area (Å²) in [4.78, 5) is 47.0. The Labute approximate surface area is 163 Å². The van der Waals surface area contributed by atoms with Crippen molar-refractivity contribution in [1.29, 1.82) is 0 Å². The second kappa shape index (κ2) is 7.42. The van der Waals surface area contributed by atoms with Crippen molar-refractivity contribution in [2.45, 2.75) is 70.2 Å². The first-order chi connectivity index (χ1) is 12.8. The molecule has 3 rings (SSSR count). The molecule has 0 N–H and O–H groups in total. The van der Waals surface area contributed by atoms with Crippen molar-refractivity contribution < 1.29 is 14.4 Å². The maximum absolute atomic E-state index is 13.3. The van der Waals surface area contributed by atoms with E-state index in [9.17, 15) is 14.4 Å². The van der Waals surface area contributed by atoms with Crippen molar-refractivity contribution >= 4 is 35.3 Å². The minimum Gasteiger partial charge on any atom is -0.273 e. The zero-order chi connectivity index (χ0) is 19.9. The van der Waals surface area contributed by atoms with Crippen LogP contribution in [0.3, 0.4) is 0 Å². The third kappa shape index (κ3) is 3.38. The molecule has 1 aromatic heterocycles. The summed E-state index contributed by atoms with van der Waals surface area (Å²) in [7, 11) is 0. The van der Waals surface area contributed by atoms with Crippen molar-refractivity contribution in [2.24, 2.45) is 4.99 Å². The summed E-state index contributed by atoms with van der Waals surface area (Å²) >= 11 is 1.37. The normalized spacial score (nSPS) is 20.9. The molecule has 2 aliphatic heterocycles. The Balaban J connectivity index is 2.10. The van der Waals surface area contributed by atoms with Crippen LogP contribution in [0.5, 0.6) is 0 Å². The lowest BCUT2D eigenvalue weighted by Gasteiger charge is -2.38. The first-order valence-corrected chi connectivity index (χ1v) is 10.0.